The third kappa shape index (κ3) is 1.57. The Morgan fingerprint density at radius 1 is 1.33 bits per heavy atom. The Balaban J connectivity index is 2.19. The minimum atomic E-state index is 0.872. The first-order valence-electron chi connectivity index (χ1n) is 4.39. The van der Waals surface area contributed by atoms with Crippen LogP contribution in [0.15, 0.2) is 40.4 Å². The topological polar surface area (TPSA) is 30.2 Å². The van der Waals surface area contributed by atoms with E-state index in [1.807, 2.05) is 24.4 Å². The maximum absolute atomic E-state index is 4.44. The van der Waals surface area contributed by atoms with Crippen molar-refractivity contribution in [1.82, 2.24) is 14.6 Å². The van der Waals surface area contributed by atoms with Gasteiger partial charge >= 0.3 is 0 Å². The van der Waals surface area contributed by atoms with Crippen molar-refractivity contribution in [3.05, 3.63) is 40.4 Å². The zero-order chi connectivity index (χ0) is 10.3. The normalized spacial score (nSPS) is 11.0. The van der Waals surface area contributed by atoms with E-state index in [9.17, 15) is 0 Å². The Morgan fingerprint density at radius 3 is 3.00 bits per heavy atom. The van der Waals surface area contributed by atoms with Crippen molar-refractivity contribution in [3.63, 3.8) is 0 Å². The average Bonchev–Trinajstić information content (AvgIpc) is 2.82. The number of halogens is 1. The summed E-state index contributed by atoms with van der Waals surface area (Å²) in [6.07, 6.45) is 3.67. The smallest absolute Gasteiger partial charge is 0.155 e. The Bertz CT molecular complexity index is 581. The molecule has 3 aromatic rings. The lowest BCUT2D eigenvalue weighted by atomic mass is 10.3. The van der Waals surface area contributed by atoms with Crippen molar-refractivity contribution >= 4 is 32.9 Å². The van der Waals surface area contributed by atoms with Crippen molar-refractivity contribution in [3.8, 4) is 10.6 Å². The molecule has 3 nitrogen and oxygen atoms in total. The molecule has 0 unspecified atom stereocenters. The maximum Gasteiger partial charge on any atom is 0.155 e. The number of rotatable bonds is 1. The van der Waals surface area contributed by atoms with Gasteiger partial charge in [-0.25, -0.2) is 9.50 Å². The number of aromatic nitrogens is 3. The van der Waals surface area contributed by atoms with Crippen LogP contribution in [-0.4, -0.2) is 14.6 Å². The molecule has 0 amide bonds. The fourth-order valence-electron chi connectivity index (χ4n) is 1.40. The van der Waals surface area contributed by atoms with Gasteiger partial charge in [-0.3, -0.25) is 0 Å². The van der Waals surface area contributed by atoms with Gasteiger partial charge in [0, 0.05) is 18.5 Å². The van der Waals surface area contributed by atoms with Gasteiger partial charge in [0.1, 0.15) is 5.69 Å². The van der Waals surface area contributed by atoms with E-state index in [4.69, 9.17) is 0 Å². The second kappa shape index (κ2) is 3.43. The first kappa shape index (κ1) is 9.06. The van der Waals surface area contributed by atoms with Gasteiger partial charge in [0.2, 0.25) is 0 Å². The zero-order valence-electron chi connectivity index (χ0n) is 7.59. The number of thiophene rings is 1. The van der Waals surface area contributed by atoms with Crippen LogP contribution in [0.25, 0.3) is 16.2 Å². The summed E-state index contributed by atoms with van der Waals surface area (Å²) < 4.78 is 2.89. The number of fused-ring (bicyclic) bond motifs is 1. The molecular formula is C10H6BrN3S. The molecule has 0 aliphatic rings. The molecule has 0 saturated heterocycles. The molecule has 15 heavy (non-hydrogen) atoms. The Hall–Kier alpha value is -1.20. The van der Waals surface area contributed by atoms with Crippen LogP contribution >= 0.6 is 27.3 Å². The van der Waals surface area contributed by atoms with E-state index in [2.05, 4.69) is 32.1 Å². The van der Waals surface area contributed by atoms with Gasteiger partial charge in [-0.1, -0.05) is 0 Å². The molecule has 3 aromatic heterocycles. The van der Waals surface area contributed by atoms with Gasteiger partial charge in [-0.05, 0) is 34.1 Å². The van der Waals surface area contributed by atoms with E-state index in [-0.39, 0.29) is 0 Å². The van der Waals surface area contributed by atoms with E-state index in [1.165, 1.54) is 0 Å². The van der Waals surface area contributed by atoms with Crippen LogP contribution in [0, 0.1) is 0 Å². The zero-order valence-corrected chi connectivity index (χ0v) is 9.99. The molecule has 0 radical (unpaired) electrons. The first-order valence-corrected chi connectivity index (χ1v) is 6.00. The van der Waals surface area contributed by atoms with Crippen LogP contribution in [0.4, 0.5) is 0 Å². The largest absolute Gasteiger partial charge is 0.237 e. The van der Waals surface area contributed by atoms with Gasteiger partial charge in [0.05, 0.1) is 8.66 Å². The van der Waals surface area contributed by atoms with E-state index in [0.29, 0.717) is 0 Å². The Kier molecular flexibility index (Phi) is 2.07. The molecule has 0 bridgehead atoms. The molecule has 0 N–H and O–H groups in total. The fraction of sp³-hybridized carbons (Fsp3) is 0. The van der Waals surface area contributed by atoms with Crippen LogP contribution < -0.4 is 0 Å². The molecule has 0 aliphatic heterocycles. The van der Waals surface area contributed by atoms with E-state index in [0.717, 1.165) is 20.0 Å². The summed E-state index contributed by atoms with van der Waals surface area (Å²) in [6, 6.07) is 7.93. The SMILES string of the molecule is Brc1ccc(-c2cc3ncccn3n2)s1. The second-order valence-corrected chi connectivity index (χ2v) is 5.52. The van der Waals surface area contributed by atoms with Crippen molar-refractivity contribution in [2.24, 2.45) is 0 Å². The van der Waals surface area contributed by atoms with E-state index in [1.54, 1.807) is 22.0 Å². The van der Waals surface area contributed by atoms with Gasteiger partial charge in [-0.2, -0.15) is 5.10 Å². The predicted octanol–water partition coefficient (Wildman–Crippen LogP) is 3.22. The second-order valence-electron chi connectivity index (χ2n) is 3.06. The molecule has 3 rings (SSSR count). The fourth-order valence-corrected chi connectivity index (χ4v) is 2.74. The average molecular weight is 280 g/mol. The molecule has 0 saturated carbocycles. The van der Waals surface area contributed by atoms with Gasteiger partial charge < -0.3 is 0 Å². The lowest BCUT2D eigenvalue weighted by Crippen LogP contribution is -1.86. The lowest BCUT2D eigenvalue weighted by molar-refractivity contribution is 0.944. The summed E-state index contributed by atoms with van der Waals surface area (Å²) in [7, 11) is 0. The van der Waals surface area contributed by atoms with Gasteiger partial charge in [-0.15, -0.1) is 11.3 Å². The highest BCUT2D eigenvalue weighted by atomic mass is 79.9. The summed E-state index contributed by atoms with van der Waals surface area (Å²) >= 11 is 5.11. The van der Waals surface area contributed by atoms with Gasteiger partial charge in [0.25, 0.3) is 0 Å². The number of hydrogen-bond acceptors (Lipinski definition) is 3. The number of nitrogens with zero attached hydrogens (tertiary/aromatic N) is 3. The van der Waals surface area contributed by atoms with E-state index < -0.39 is 0 Å². The summed E-state index contributed by atoms with van der Waals surface area (Å²) in [5.74, 6) is 0. The van der Waals surface area contributed by atoms with Crippen LogP contribution in [0.1, 0.15) is 0 Å². The summed E-state index contributed by atoms with van der Waals surface area (Å²) in [4.78, 5) is 5.37. The monoisotopic (exact) mass is 279 g/mol. The molecule has 0 aliphatic carbocycles. The predicted molar refractivity (Wildman–Crippen MR) is 64.0 cm³/mol. The molecule has 3 heterocycles. The lowest BCUT2D eigenvalue weighted by Gasteiger charge is -1.87. The van der Waals surface area contributed by atoms with Crippen molar-refractivity contribution in [2.75, 3.05) is 0 Å². The third-order valence-corrected chi connectivity index (χ3v) is 3.71. The molecule has 0 atom stereocenters. The molecule has 0 aromatic carbocycles. The highest BCUT2D eigenvalue weighted by Gasteiger charge is 2.06. The van der Waals surface area contributed by atoms with Crippen LogP contribution in [0.2, 0.25) is 0 Å². The van der Waals surface area contributed by atoms with Crippen molar-refractivity contribution in [1.29, 1.82) is 0 Å². The quantitative estimate of drug-likeness (QED) is 0.685. The minimum absolute atomic E-state index is 0.872. The molecule has 0 spiro atoms. The number of hydrogen-bond donors (Lipinski definition) is 0. The highest BCUT2D eigenvalue weighted by molar-refractivity contribution is 9.11. The minimum Gasteiger partial charge on any atom is -0.237 e. The van der Waals surface area contributed by atoms with Crippen molar-refractivity contribution in [2.45, 2.75) is 0 Å². The summed E-state index contributed by atoms with van der Waals surface area (Å²) in [5.41, 5.74) is 1.83. The molecular weight excluding hydrogens is 274 g/mol. The molecule has 0 fully saturated rings. The molecule has 74 valence electrons. The van der Waals surface area contributed by atoms with Crippen LogP contribution in [0.5, 0.6) is 0 Å². The highest BCUT2D eigenvalue weighted by Crippen LogP contribution is 2.30. The van der Waals surface area contributed by atoms with Gasteiger partial charge in [0.15, 0.2) is 5.65 Å². The Morgan fingerprint density at radius 2 is 2.27 bits per heavy atom. The molecule has 5 heteroatoms. The Labute approximate surface area is 98.5 Å². The van der Waals surface area contributed by atoms with Crippen LogP contribution in [0.3, 0.4) is 0 Å². The standard InChI is InChI=1S/C10H6BrN3S/c11-9-3-2-8(15-9)7-6-10-12-4-1-5-14(10)13-7/h1-6H. The maximum atomic E-state index is 4.44. The van der Waals surface area contributed by atoms with E-state index >= 15 is 0 Å². The van der Waals surface area contributed by atoms with Crippen LogP contribution in [-0.2, 0) is 0 Å². The first-order chi connectivity index (χ1) is 7.33. The summed E-state index contributed by atoms with van der Waals surface area (Å²) in [6.45, 7) is 0. The van der Waals surface area contributed by atoms with Crippen molar-refractivity contribution < 1.29 is 0 Å². The summed E-state index contributed by atoms with van der Waals surface area (Å²) in [5, 5.41) is 4.44. The third-order valence-electron chi connectivity index (χ3n) is 2.06.